The summed E-state index contributed by atoms with van der Waals surface area (Å²) in [6.07, 6.45) is 0. The monoisotopic (exact) mass is 401 g/mol. The smallest absolute Gasteiger partial charge is 0.254 e. The number of sulfone groups is 1. The molecule has 0 saturated carbocycles. The second-order valence-electron chi connectivity index (χ2n) is 5.30. The summed E-state index contributed by atoms with van der Waals surface area (Å²) in [6, 6.07) is 11.6. The lowest BCUT2D eigenvalue weighted by molar-refractivity contribution is 0.0956. The van der Waals surface area contributed by atoms with Crippen molar-refractivity contribution < 1.29 is 17.9 Å². The van der Waals surface area contributed by atoms with Gasteiger partial charge in [0.25, 0.3) is 5.91 Å². The summed E-state index contributed by atoms with van der Waals surface area (Å²) < 4.78 is 29.5. The molecule has 25 heavy (non-hydrogen) atoms. The van der Waals surface area contributed by atoms with Crippen LogP contribution in [0.15, 0.2) is 42.5 Å². The normalized spacial score (nSPS) is 11.2. The van der Waals surface area contributed by atoms with Gasteiger partial charge < -0.3 is 10.1 Å². The van der Waals surface area contributed by atoms with Gasteiger partial charge in [0.2, 0.25) is 0 Å². The van der Waals surface area contributed by atoms with Crippen LogP contribution in [-0.4, -0.2) is 33.7 Å². The van der Waals surface area contributed by atoms with Gasteiger partial charge in [-0.25, -0.2) is 8.42 Å². The van der Waals surface area contributed by atoms with Crippen LogP contribution >= 0.6 is 23.2 Å². The van der Waals surface area contributed by atoms with E-state index in [4.69, 9.17) is 27.9 Å². The maximum Gasteiger partial charge on any atom is 0.254 e. The van der Waals surface area contributed by atoms with Gasteiger partial charge in [0.05, 0.1) is 34.2 Å². The molecule has 0 fully saturated rings. The Hall–Kier alpha value is -1.76. The second-order valence-corrected chi connectivity index (χ2v) is 8.29. The Labute approximate surface area is 156 Å². The molecule has 8 heteroatoms. The van der Waals surface area contributed by atoms with Crippen LogP contribution in [0.25, 0.3) is 0 Å². The van der Waals surface area contributed by atoms with Crippen molar-refractivity contribution in [3.05, 3.63) is 63.6 Å². The Morgan fingerprint density at radius 3 is 2.40 bits per heavy atom. The highest BCUT2D eigenvalue weighted by Gasteiger charge is 2.16. The number of benzene rings is 2. The van der Waals surface area contributed by atoms with Gasteiger partial charge in [0, 0.05) is 6.54 Å². The molecule has 2 aromatic rings. The third-order valence-corrected chi connectivity index (χ3v) is 5.64. The van der Waals surface area contributed by atoms with E-state index >= 15 is 0 Å². The minimum atomic E-state index is -3.39. The molecule has 0 aliphatic carbocycles. The van der Waals surface area contributed by atoms with Crippen LogP contribution < -0.4 is 10.1 Å². The number of carbonyl (C=O) groups excluding carboxylic acids is 1. The maximum absolute atomic E-state index is 12.2. The van der Waals surface area contributed by atoms with Crippen LogP contribution in [0, 0.1) is 0 Å². The van der Waals surface area contributed by atoms with Crippen LogP contribution in [-0.2, 0) is 15.6 Å². The van der Waals surface area contributed by atoms with Crippen molar-refractivity contribution in [2.24, 2.45) is 0 Å². The predicted molar refractivity (Wildman–Crippen MR) is 99.3 cm³/mol. The average molecular weight is 402 g/mol. The molecule has 0 saturated heterocycles. The van der Waals surface area contributed by atoms with E-state index in [0.29, 0.717) is 11.3 Å². The fourth-order valence-corrected chi connectivity index (χ4v) is 4.03. The van der Waals surface area contributed by atoms with E-state index in [1.165, 1.54) is 7.11 Å². The van der Waals surface area contributed by atoms with Crippen molar-refractivity contribution in [3.8, 4) is 5.75 Å². The van der Waals surface area contributed by atoms with Gasteiger partial charge in [0.15, 0.2) is 9.84 Å². The van der Waals surface area contributed by atoms with E-state index in [1.54, 1.807) is 42.5 Å². The topological polar surface area (TPSA) is 72.5 Å². The van der Waals surface area contributed by atoms with E-state index in [1.807, 2.05) is 0 Å². The summed E-state index contributed by atoms with van der Waals surface area (Å²) in [5.74, 6) is -0.244. The summed E-state index contributed by atoms with van der Waals surface area (Å²) in [5, 5.41) is 2.96. The van der Waals surface area contributed by atoms with Gasteiger partial charge in [-0.05, 0) is 29.8 Å². The van der Waals surface area contributed by atoms with Crippen molar-refractivity contribution in [2.75, 3.05) is 19.4 Å². The van der Waals surface area contributed by atoms with Crippen molar-refractivity contribution in [2.45, 2.75) is 5.75 Å². The zero-order valence-electron chi connectivity index (χ0n) is 13.5. The zero-order valence-corrected chi connectivity index (χ0v) is 15.8. The molecule has 1 N–H and O–H groups in total. The summed E-state index contributed by atoms with van der Waals surface area (Å²) in [7, 11) is -1.88. The van der Waals surface area contributed by atoms with Crippen molar-refractivity contribution in [1.29, 1.82) is 0 Å². The van der Waals surface area contributed by atoms with E-state index in [0.717, 1.165) is 0 Å². The van der Waals surface area contributed by atoms with Crippen LogP contribution in [0.1, 0.15) is 15.9 Å². The molecule has 2 aromatic carbocycles. The fraction of sp³-hybridized carbons (Fsp3) is 0.235. The molecule has 0 bridgehead atoms. The summed E-state index contributed by atoms with van der Waals surface area (Å²) in [4.78, 5) is 12.1. The van der Waals surface area contributed by atoms with Gasteiger partial charge in [-0.2, -0.15) is 0 Å². The summed E-state index contributed by atoms with van der Waals surface area (Å²) in [6.45, 7) is -0.0350. The average Bonchev–Trinajstić information content (AvgIpc) is 2.54. The van der Waals surface area contributed by atoms with Crippen LogP contribution in [0.4, 0.5) is 0 Å². The summed E-state index contributed by atoms with van der Waals surface area (Å²) >= 11 is 11.9. The number of hydrogen-bond donors (Lipinski definition) is 1. The van der Waals surface area contributed by atoms with E-state index in [2.05, 4.69) is 5.32 Å². The van der Waals surface area contributed by atoms with Crippen LogP contribution in [0.3, 0.4) is 0 Å². The first-order chi connectivity index (χ1) is 11.8. The lowest BCUT2D eigenvalue weighted by Gasteiger charge is -2.09. The quantitative estimate of drug-likeness (QED) is 0.771. The molecule has 0 heterocycles. The molecular weight excluding hydrogens is 385 g/mol. The highest BCUT2D eigenvalue weighted by Crippen LogP contribution is 2.23. The number of ether oxygens (including phenoxy) is 1. The molecule has 5 nitrogen and oxygen atoms in total. The molecule has 134 valence electrons. The molecule has 0 spiro atoms. The first-order valence-corrected chi connectivity index (χ1v) is 9.95. The summed E-state index contributed by atoms with van der Waals surface area (Å²) in [5.41, 5.74) is 0.760. The van der Waals surface area contributed by atoms with Crippen molar-refractivity contribution >= 4 is 38.9 Å². The highest BCUT2D eigenvalue weighted by atomic mass is 35.5. The molecule has 1 amide bonds. The molecule has 0 unspecified atom stereocenters. The second kappa shape index (κ2) is 8.56. The number of nitrogens with one attached hydrogen (secondary N) is 1. The molecule has 0 aliphatic heterocycles. The number of carbonyl (C=O) groups is 1. The Morgan fingerprint density at radius 1 is 1.12 bits per heavy atom. The molecule has 0 radical (unpaired) electrons. The predicted octanol–water partition coefficient (Wildman–Crippen LogP) is 3.35. The molecule has 0 aromatic heterocycles. The van der Waals surface area contributed by atoms with Gasteiger partial charge in [-0.3, -0.25) is 4.79 Å². The molecule has 0 atom stereocenters. The number of amides is 1. The minimum Gasteiger partial charge on any atom is -0.497 e. The van der Waals surface area contributed by atoms with Crippen molar-refractivity contribution in [1.82, 2.24) is 5.32 Å². The maximum atomic E-state index is 12.2. The first kappa shape index (κ1) is 19.6. The Kier molecular flexibility index (Phi) is 6.70. The third kappa shape index (κ3) is 5.63. The Bertz CT molecular complexity index is 848. The Balaban J connectivity index is 1.95. The number of hydrogen-bond acceptors (Lipinski definition) is 4. The lowest BCUT2D eigenvalue weighted by atomic mass is 10.2. The fourth-order valence-electron chi connectivity index (χ4n) is 2.21. The van der Waals surface area contributed by atoms with Gasteiger partial charge >= 0.3 is 0 Å². The van der Waals surface area contributed by atoms with Crippen molar-refractivity contribution in [3.63, 3.8) is 0 Å². The Morgan fingerprint density at radius 2 is 1.76 bits per heavy atom. The number of rotatable bonds is 7. The van der Waals surface area contributed by atoms with Crippen LogP contribution in [0.2, 0.25) is 10.0 Å². The number of halogens is 2. The molecule has 0 aliphatic rings. The van der Waals surface area contributed by atoms with Crippen LogP contribution in [0.5, 0.6) is 5.75 Å². The largest absolute Gasteiger partial charge is 0.497 e. The minimum absolute atomic E-state index is 0.0350. The van der Waals surface area contributed by atoms with Gasteiger partial charge in [-0.15, -0.1) is 0 Å². The highest BCUT2D eigenvalue weighted by molar-refractivity contribution is 7.90. The SMILES string of the molecule is COc1cccc(CS(=O)(=O)CCNC(=O)c2c(Cl)cccc2Cl)c1. The zero-order chi connectivity index (χ0) is 18.4. The number of methoxy groups -OCH3 is 1. The first-order valence-electron chi connectivity index (χ1n) is 7.38. The van der Waals surface area contributed by atoms with E-state index in [9.17, 15) is 13.2 Å². The van der Waals surface area contributed by atoms with E-state index < -0.39 is 15.7 Å². The molecule has 2 rings (SSSR count). The van der Waals surface area contributed by atoms with Gasteiger partial charge in [-0.1, -0.05) is 41.4 Å². The lowest BCUT2D eigenvalue weighted by Crippen LogP contribution is -2.30. The van der Waals surface area contributed by atoms with Gasteiger partial charge in [0.1, 0.15) is 5.75 Å². The standard InChI is InChI=1S/C17H17Cl2NO4S/c1-24-13-5-2-4-12(10-13)11-25(22,23)9-8-20-17(21)16-14(18)6-3-7-15(16)19/h2-7,10H,8-9,11H2,1H3,(H,20,21). The molecular formula is C17H17Cl2NO4S. The van der Waals surface area contributed by atoms with E-state index in [-0.39, 0.29) is 33.7 Å². The third-order valence-electron chi connectivity index (χ3n) is 3.41.